The molecule has 0 aliphatic carbocycles. The van der Waals surface area contributed by atoms with Crippen molar-refractivity contribution >= 4 is 12.0 Å². The molecule has 6 rings (SSSR count). The Balaban J connectivity index is 1.11. The molecule has 10 heteroatoms. The van der Waals surface area contributed by atoms with Crippen molar-refractivity contribution in [3.63, 3.8) is 0 Å². The highest BCUT2D eigenvalue weighted by molar-refractivity contribution is 5.80. The lowest BCUT2D eigenvalue weighted by atomic mass is 9.98. The van der Waals surface area contributed by atoms with Crippen LogP contribution in [-0.4, -0.2) is 78.6 Å². The van der Waals surface area contributed by atoms with Crippen LogP contribution < -0.4 is 5.56 Å². The van der Waals surface area contributed by atoms with Crippen LogP contribution in [0.15, 0.2) is 89.7 Å². The summed E-state index contributed by atoms with van der Waals surface area (Å²) in [5.41, 5.74) is 6.46. The molecule has 3 heterocycles. The van der Waals surface area contributed by atoms with Crippen molar-refractivity contribution in [3.8, 4) is 22.5 Å². The predicted octanol–water partition coefficient (Wildman–Crippen LogP) is 5.58. The first-order valence-corrected chi connectivity index (χ1v) is 17.2. The molecule has 5 aromatic rings. The lowest BCUT2D eigenvalue weighted by molar-refractivity contribution is -0.132. The Morgan fingerprint density at radius 1 is 0.898 bits per heavy atom. The van der Waals surface area contributed by atoms with Crippen molar-refractivity contribution in [1.82, 2.24) is 40.0 Å². The molecule has 0 atom stereocenters. The number of amides is 1. The van der Waals surface area contributed by atoms with Gasteiger partial charge in [-0.3, -0.25) is 19.1 Å². The number of carbonyl (C=O) groups is 1. The van der Waals surface area contributed by atoms with E-state index in [0.29, 0.717) is 43.9 Å². The normalized spacial score (nSPS) is 13.7. The van der Waals surface area contributed by atoms with Crippen LogP contribution in [-0.2, 0) is 24.2 Å². The number of nitrogens with zero attached hydrogens (tertiary/aromatic N) is 7. The molecule has 1 fully saturated rings. The molecule has 0 unspecified atom stereocenters. The third kappa shape index (κ3) is 8.45. The third-order valence-corrected chi connectivity index (χ3v) is 9.22. The molecule has 10 nitrogen and oxygen atoms in total. The zero-order valence-corrected chi connectivity index (χ0v) is 28.4. The fourth-order valence-corrected chi connectivity index (χ4v) is 6.39. The van der Waals surface area contributed by atoms with Crippen LogP contribution in [0.25, 0.3) is 28.6 Å². The second-order valence-corrected chi connectivity index (χ2v) is 12.6. The molecule has 49 heavy (non-hydrogen) atoms. The van der Waals surface area contributed by atoms with Crippen molar-refractivity contribution < 1.29 is 4.79 Å². The second-order valence-electron chi connectivity index (χ2n) is 12.6. The first-order valence-electron chi connectivity index (χ1n) is 17.2. The molecule has 1 aliphatic rings. The van der Waals surface area contributed by atoms with E-state index in [1.165, 1.54) is 5.56 Å². The van der Waals surface area contributed by atoms with Crippen LogP contribution in [0.5, 0.6) is 0 Å². The van der Waals surface area contributed by atoms with Crippen LogP contribution in [0.1, 0.15) is 54.4 Å². The highest BCUT2D eigenvalue weighted by Gasteiger charge is 2.22. The Morgan fingerprint density at radius 2 is 1.63 bits per heavy atom. The fourth-order valence-electron chi connectivity index (χ4n) is 6.39. The first-order chi connectivity index (χ1) is 24.0. The predicted molar refractivity (Wildman–Crippen MR) is 193 cm³/mol. The molecule has 1 aliphatic heterocycles. The van der Waals surface area contributed by atoms with Gasteiger partial charge in [-0.1, -0.05) is 104 Å². The van der Waals surface area contributed by atoms with Crippen molar-refractivity contribution in [2.24, 2.45) is 0 Å². The Kier molecular flexibility index (Phi) is 11.2. The Hall–Kier alpha value is -5.22. The minimum absolute atomic E-state index is 0.0475. The lowest BCUT2D eigenvalue weighted by Gasteiger charge is -2.34. The summed E-state index contributed by atoms with van der Waals surface area (Å²) in [6, 6.07) is 26.5. The summed E-state index contributed by atoms with van der Waals surface area (Å²) < 4.78 is 1.81. The van der Waals surface area contributed by atoms with Gasteiger partial charge in [-0.25, -0.2) is 10.1 Å². The topological polar surface area (TPSA) is 113 Å². The summed E-state index contributed by atoms with van der Waals surface area (Å²) in [7, 11) is 0. The smallest absolute Gasteiger partial charge is 0.257 e. The number of hydrogen-bond acceptors (Lipinski definition) is 7. The number of nitrogens with one attached hydrogen (secondary N) is 1. The summed E-state index contributed by atoms with van der Waals surface area (Å²) in [6.45, 7) is 8.40. The zero-order valence-electron chi connectivity index (χ0n) is 28.4. The van der Waals surface area contributed by atoms with Gasteiger partial charge in [0.1, 0.15) is 5.82 Å². The van der Waals surface area contributed by atoms with Crippen LogP contribution in [0.2, 0.25) is 0 Å². The second kappa shape index (κ2) is 16.3. The Bertz CT molecular complexity index is 1910. The zero-order chi connectivity index (χ0) is 34.0. The van der Waals surface area contributed by atoms with E-state index < -0.39 is 0 Å². The van der Waals surface area contributed by atoms with Gasteiger partial charge in [0.05, 0.1) is 6.54 Å². The maximum absolute atomic E-state index is 14.0. The largest absolute Gasteiger partial charge is 0.340 e. The van der Waals surface area contributed by atoms with E-state index in [1.807, 2.05) is 58.9 Å². The Morgan fingerprint density at radius 3 is 2.35 bits per heavy atom. The molecule has 252 valence electrons. The van der Waals surface area contributed by atoms with Gasteiger partial charge in [-0.2, -0.15) is 0 Å². The fraction of sp³-hybridized carbons (Fsp3) is 0.333. The van der Waals surface area contributed by atoms with Crippen molar-refractivity contribution in [1.29, 1.82) is 0 Å². The van der Waals surface area contributed by atoms with Crippen LogP contribution in [0.3, 0.4) is 0 Å². The molecular formula is C39H44N8O2. The standard InChI is InChI=1S/C39H44N8O2/c1-3-4-16-36-40-29(2)33(21-22-37(48)46-26-24-45(25-27-46)23-10-13-30-11-6-5-7-12-30)39(49)47(36)28-31-17-19-32(20-18-31)34-14-8-9-15-35(34)38-41-43-44-42-38/h5-15,17-20H,3-4,16,21-28H2,1-2H3,(H,41,42,43,44)/b13-10+. The molecule has 3 aromatic carbocycles. The van der Waals surface area contributed by atoms with E-state index in [-0.39, 0.29) is 11.5 Å². The molecule has 0 saturated carbocycles. The number of hydrogen-bond donors (Lipinski definition) is 1. The van der Waals surface area contributed by atoms with Gasteiger partial charge in [-0.05, 0) is 52.4 Å². The minimum Gasteiger partial charge on any atom is -0.340 e. The number of aromatic amines is 1. The van der Waals surface area contributed by atoms with Crippen LogP contribution in [0, 0.1) is 6.92 Å². The van der Waals surface area contributed by atoms with E-state index in [1.54, 1.807) is 0 Å². The monoisotopic (exact) mass is 656 g/mol. The first kappa shape index (κ1) is 33.7. The maximum atomic E-state index is 14.0. The summed E-state index contributed by atoms with van der Waals surface area (Å²) in [6.07, 6.45) is 7.70. The summed E-state index contributed by atoms with van der Waals surface area (Å²) >= 11 is 0. The molecule has 2 aromatic heterocycles. The number of aromatic nitrogens is 6. The van der Waals surface area contributed by atoms with Gasteiger partial charge in [0.2, 0.25) is 5.91 Å². The van der Waals surface area contributed by atoms with Crippen molar-refractivity contribution in [2.75, 3.05) is 32.7 Å². The van der Waals surface area contributed by atoms with Gasteiger partial charge in [0.25, 0.3) is 5.56 Å². The highest BCUT2D eigenvalue weighted by Crippen LogP contribution is 2.30. The van der Waals surface area contributed by atoms with Gasteiger partial charge in [0.15, 0.2) is 5.82 Å². The molecule has 1 N–H and O–H groups in total. The van der Waals surface area contributed by atoms with E-state index in [9.17, 15) is 9.59 Å². The molecule has 0 bridgehead atoms. The van der Waals surface area contributed by atoms with Crippen LogP contribution >= 0.6 is 0 Å². The summed E-state index contributed by atoms with van der Waals surface area (Å²) in [4.78, 5) is 36.6. The summed E-state index contributed by atoms with van der Waals surface area (Å²) in [5, 5.41) is 14.4. The quantitative estimate of drug-likeness (QED) is 0.176. The number of aryl methyl sites for hydroxylation is 2. The molecular weight excluding hydrogens is 612 g/mol. The van der Waals surface area contributed by atoms with E-state index in [4.69, 9.17) is 4.98 Å². The number of carbonyl (C=O) groups excluding carboxylic acids is 1. The van der Waals surface area contributed by atoms with Gasteiger partial charge in [0, 0.05) is 62.4 Å². The minimum atomic E-state index is -0.0475. The van der Waals surface area contributed by atoms with Crippen molar-refractivity contribution in [2.45, 2.75) is 52.5 Å². The SMILES string of the molecule is CCCCc1nc(C)c(CCC(=O)N2CCN(C/C=C/c3ccccc3)CC2)c(=O)n1Cc1ccc(-c2ccccc2-c2nnn[nH]2)cc1. The summed E-state index contributed by atoms with van der Waals surface area (Å²) in [5.74, 6) is 1.50. The molecule has 0 radical (unpaired) electrons. The number of tetrazole rings is 1. The van der Waals surface area contributed by atoms with E-state index >= 15 is 0 Å². The Labute approximate surface area is 287 Å². The maximum Gasteiger partial charge on any atom is 0.257 e. The molecule has 1 amide bonds. The van der Waals surface area contributed by atoms with Gasteiger partial charge in [-0.15, -0.1) is 5.10 Å². The van der Waals surface area contributed by atoms with Crippen LogP contribution in [0.4, 0.5) is 0 Å². The lowest BCUT2D eigenvalue weighted by Crippen LogP contribution is -2.48. The number of rotatable bonds is 13. The van der Waals surface area contributed by atoms with Gasteiger partial charge >= 0.3 is 0 Å². The average Bonchev–Trinajstić information content (AvgIpc) is 3.68. The molecule has 1 saturated heterocycles. The number of benzene rings is 3. The number of piperazine rings is 1. The molecule has 0 spiro atoms. The number of H-pyrrole nitrogens is 1. The average molecular weight is 657 g/mol. The van der Waals surface area contributed by atoms with E-state index in [2.05, 4.69) is 81.0 Å². The van der Waals surface area contributed by atoms with Gasteiger partial charge < -0.3 is 4.90 Å². The third-order valence-electron chi connectivity index (χ3n) is 9.22. The number of unbranched alkanes of at least 4 members (excludes halogenated alkanes) is 1. The van der Waals surface area contributed by atoms with E-state index in [0.717, 1.165) is 72.7 Å². The van der Waals surface area contributed by atoms with Crippen molar-refractivity contribution in [3.05, 3.63) is 124 Å². The highest BCUT2D eigenvalue weighted by atomic mass is 16.2.